The van der Waals surface area contributed by atoms with E-state index >= 15 is 0 Å². The number of hydrogen-bond acceptors (Lipinski definition) is 2. The fraction of sp³-hybridized carbons (Fsp3) is 0.400. The molecule has 0 spiro atoms. The Morgan fingerprint density at radius 2 is 1.96 bits per heavy atom. The van der Waals surface area contributed by atoms with Gasteiger partial charge in [-0.1, -0.05) is 36.2 Å². The molecule has 1 aliphatic heterocycles. The average Bonchev–Trinajstić information content (AvgIpc) is 2.52. The summed E-state index contributed by atoms with van der Waals surface area (Å²) in [6, 6.07) is 11.3. The molecule has 2 aromatic carbocycles. The largest absolute Gasteiger partial charge is 0.505 e. The summed E-state index contributed by atoms with van der Waals surface area (Å²) in [4.78, 5) is 2.34. The van der Waals surface area contributed by atoms with Crippen LogP contribution in [0.1, 0.15) is 42.0 Å². The van der Waals surface area contributed by atoms with Gasteiger partial charge in [0.15, 0.2) is 11.6 Å². The molecule has 1 N–H and O–H groups in total. The van der Waals surface area contributed by atoms with Crippen molar-refractivity contribution >= 4 is 28.6 Å². The van der Waals surface area contributed by atoms with Gasteiger partial charge in [-0.05, 0) is 61.2 Å². The van der Waals surface area contributed by atoms with Crippen molar-refractivity contribution in [3.63, 3.8) is 0 Å². The Morgan fingerprint density at radius 1 is 1.24 bits per heavy atom. The van der Waals surface area contributed by atoms with E-state index in [2.05, 4.69) is 18.0 Å². The third-order valence-electron chi connectivity index (χ3n) is 5.86. The topological polar surface area (TPSA) is 23.5 Å². The quantitative estimate of drug-likeness (QED) is 0.694. The smallest absolute Gasteiger partial charge is 0.165 e. The van der Waals surface area contributed by atoms with E-state index in [-0.39, 0.29) is 34.2 Å². The van der Waals surface area contributed by atoms with Crippen molar-refractivity contribution in [3.05, 3.63) is 63.9 Å². The second kappa shape index (κ2) is 6.90. The van der Waals surface area contributed by atoms with E-state index in [4.69, 9.17) is 11.6 Å². The van der Waals surface area contributed by atoms with Gasteiger partial charge in [0.25, 0.3) is 0 Å². The lowest BCUT2D eigenvalue weighted by molar-refractivity contribution is 0.0715. The van der Waals surface area contributed by atoms with Crippen molar-refractivity contribution in [2.24, 2.45) is 0 Å². The molecule has 0 aromatic heterocycles. The van der Waals surface area contributed by atoms with Crippen molar-refractivity contribution in [3.8, 4) is 5.75 Å². The number of benzene rings is 2. The van der Waals surface area contributed by atoms with Crippen LogP contribution in [0.5, 0.6) is 5.75 Å². The van der Waals surface area contributed by atoms with E-state index < -0.39 is 5.82 Å². The Hall–Kier alpha value is -1.10. The molecule has 0 radical (unpaired) electrons. The van der Waals surface area contributed by atoms with E-state index in [0.29, 0.717) is 0 Å². The molecule has 1 aliphatic carbocycles. The van der Waals surface area contributed by atoms with Gasteiger partial charge in [0.1, 0.15) is 0 Å². The maximum atomic E-state index is 13.8. The van der Waals surface area contributed by atoms with Gasteiger partial charge >= 0.3 is 0 Å². The lowest BCUT2D eigenvalue weighted by atomic mass is 9.57. The Bertz CT molecular complexity index is 793. The number of hydrogen-bond donors (Lipinski definition) is 1. The minimum absolute atomic E-state index is 0. The monoisotopic (exact) mass is 425 g/mol. The zero-order valence-electron chi connectivity index (χ0n) is 14.1. The normalized spacial score (nSPS) is 21.8. The number of phenolic OH excluding ortho intramolecular Hbond substituents is 1. The highest BCUT2D eigenvalue weighted by atomic mass is 79.9. The molecule has 1 unspecified atom stereocenters. The van der Waals surface area contributed by atoms with Crippen molar-refractivity contribution in [2.45, 2.75) is 37.1 Å². The summed E-state index contributed by atoms with van der Waals surface area (Å²) in [7, 11) is 2.12. The van der Waals surface area contributed by atoms with Gasteiger partial charge < -0.3 is 5.11 Å². The zero-order valence-corrected chi connectivity index (χ0v) is 16.6. The van der Waals surface area contributed by atoms with Crippen LogP contribution in [-0.2, 0) is 11.8 Å². The van der Waals surface area contributed by atoms with Crippen LogP contribution in [-0.4, -0.2) is 23.6 Å². The van der Waals surface area contributed by atoms with Crippen molar-refractivity contribution < 1.29 is 9.50 Å². The van der Waals surface area contributed by atoms with Crippen LogP contribution < -0.4 is 0 Å². The molecule has 0 bridgehead atoms. The number of phenols is 1. The minimum atomic E-state index is -0.530. The van der Waals surface area contributed by atoms with E-state index in [0.717, 1.165) is 48.4 Å². The summed E-state index contributed by atoms with van der Waals surface area (Å²) in [5, 5.41) is 10.7. The summed E-state index contributed by atoms with van der Waals surface area (Å²) in [5.74, 6) is -0.792. The van der Waals surface area contributed by atoms with Gasteiger partial charge in [0, 0.05) is 23.0 Å². The molecule has 1 saturated carbocycles. The summed E-state index contributed by atoms with van der Waals surface area (Å²) < 4.78 is 13.8. The lowest BCUT2D eigenvalue weighted by Gasteiger charge is -2.53. The first-order valence-corrected chi connectivity index (χ1v) is 8.87. The van der Waals surface area contributed by atoms with Crippen molar-refractivity contribution in [1.29, 1.82) is 0 Å². The fourth-order valence-electron chi connectivity index (χ4n) is 4.59. The summed E-state index contributed by atoms with van der Waals surface area (Å²) in [6.07, 6.45) is 4.09. The number of fused-ring (bicyclic) bond motifs is 1. The Morgan fingerprint density at radius 3 is 2.60 bits per heavy atom. The van der Waals surface area contributed by atoms with Gasteiger partial charge in [-0.15, -0.1) is 17.0 Å². The predicted octanol–water partition coefficient (Wildman–Crippen LogP) is 5.41. The van der Waals surface area contributed by atoms with Crippen LogP contribution in [0.15, 0.2) is 36.4 Å². The third kappa shape index (κ3) is 2.88. The SMILES string of the molecule is Br.CN1CCc2cc(F)c(O)cc2C1C1(c2ccccc2Cl)CCC1. The van der Waals surface area contributed by atoms with E-state index in [1.807, 2.05) is 18.2 Å². The van der Waals surface area contributed by atoms with Crippen LogP contribution >= 0.6 is 28.6 Å². The second-order valence-corrected chi connectivity index (χ2v) is 7.53. The first-order chi connectivity index (χ1) is 11.5. The Balaban J connectivity index is 0.00000182. The van der Waals surface area contributed by atoms with Crippen molar-refractivity contribution in [1.82, 2.24) is 4.90 Å². The molecule has 25 heavy (non-hydrogen) atoms. The third-order valence-corrected chi connectivity index (χ3v) is 6.19. The zero-order chi connectivity index (χ0) is 16.9. The molecule has 1 fully saturated rings. The standard InChI is InChI=1S/C20H21ClFNO.BrH/c1-23-10-7-13-11-17(22)18(24)12-14(13)19(23)20(8-4-9-20)15-5-2-3-6-16(15)21;/h2-3,5-6,11-12,19,24H,4,7-10H2,1H3;1H. The molecule has 5 heteroatoms. The van der Waals surface area contributed by atoms with Gasteiger partial charge in [0.2, 0.25) is 0 Å². The number of aromatic hydroxyl groups is 1. The maximum Gasteiger partial charge on any atom is 0.165 e. The Labute approximate surface area is 163 Å². The maximum absolute atomic E-state index is 13.8. The molecule has 4 rings (SSSR count). The summed E-state index contributed by atoms with van der Waals surface area (Å²) in [6.45, 7) is 0.883. The molecule has 134 valence electrons. The minimum Gasteiger partial charge on any atom is -0.505 e. The average molecular weight is 427 g/mol. The van der Waals surface area contributed by atoms with Gasteiger partial charge in [0.05, 0.1) is 0 Å². The molecular formula is C20H22BrClFNO. The van der Waals surface area contributed by atoms with Gasteiger partial charge in [-0.2, -0.15) is 0 Å². The number of likely N-dealkylation sites (N-methyl/N-ethyl adjacent to an activating group) is 1. The molecule has 1 heterocycles. The molecular weight excluding hydrogens is 405 g/mol. The summed E-state index contributed by atoms with van der Waals surface area (Å²) >= 11 is 6.54. The number of rotatable bonds is 2. The molecule has 0 amide bonds. The van der Waals surface area contributed by atoms with Crippen LogP contribution in [0.25, 0.3) is 0 Å². The fourth-order valence-corrected chi connectivity index (χ4v) is 4.91. The second-order valence-electron chi connectivity index (χ2n) is 7.13. The number of halogens is 3. The van der Waals surface area contributed by atoms with E-state index in [1.54, 1.807) is 6.07 Å². The molecule has 0 saturated heterocycles. The molecule has 1 atom stereocenters. The van der Waals surface area contributed by atoms with Crippen LogP contribution in [0, 0.1) is 5.82 Å². The lowest BCUT2D eigenvalue weighted by Crippen LogP contribution is -2.50. The summed E-state index contributed by atoms with van der Waals surface area (Å²) in [5.41, 5.74) is 3.16. The first-order valence-electron chi connectivity index (χ1n) is 8.49. The highest BCUT2D eigenvalue weighted by molar-refractivity contribution is 8.93. The van der Waals surface area contributed by atoms with E-state index in [9.17, 15) is 9.50 Å². The Kier molecular flexibility index (Phi) is 5.16. The highest BCUT2D eigenvalue weighted by Crippen LogP contribution is 2.57. The first kappa shape index (κ1) is 18.7. The number of nitrogens with zero attached hydrogens (tertiary/aromatic N) is 1. The van der Waals surface area contributed by atoms with Crippen LogP contribution in [0.4, 0.5) is 4.39 Å². The van der Waals surface area contributed by atoms with Crippen LogP contribution in [0.2, 0.25) is 5.02 Å². The predicted molar refractivity (Wildman–Crippen MR) is 104 cm³/mol. The van der Waals surface area contributed by atoms with Crippen molar-refractivity contribution in [2.75, 3.05) is 13.6 Å². The van der Waals surface area contributed by atoms with Gasteiger partial charge in [-0.3, -0.25) is 4.90 Å². The molecule has 2 nitrogen and oxygen atoms in total. The van der Waals surface area contributed by atoms with E-state index in [1.165, 1.54) is 11.6 Å². The molecule has 2 aromatic rings. The molecule has 2 aliphatic rings. The van der Waals surface area contributed by atoms with Crippen LogP contribution in [0.3, 0.4) is 0 Å². The highest BCUT2D eigenvalue weighted by Gasteiger charge is 2.50. The van der Waals surface area contributed by atoms with Gasteiger partial charge in [-0.25, -0.2) is 4.39 Å².